The Hall–Kier alpha value is -1.53. The zero-order valence-electron chi connectivity index (χ0n) is 16.5. The van der Waals surface area contributed by atoms with Crippen LogP contribution in [0.25, 0.3) is 0 Å². The molecule has 1 fully saturated rings. The van der Waals surface area contributed by atoms with Gasteiger partial charge < -0.3 is 10.2 Å². The number of hydrogen-bond acceptors (Lipinski definition) is 3. The fraction of sp³-hybridized carbons (Fsp3) is 0.478. The largest absolute Gasteiger partial charge is 0.394 e. The van der Waals surface area contributed by atoms with E-state index in [4.69, 9.17) is 0 Å². The van der Waals surface area contributed by atoms with E-state index in [0.29, 0.717) is 18.6 Å². The molecular formula is C23H30ClF2NO2. The highest BCUT2D eigenvalue weighted by Crippen LogP contribution is 2.30. The summed E-state index contributed by atoms with van der Waals surface area (Å²) in [6, 6.07) is 14.0. The van der Waals surface area contributed by atoms with Crippen molar-refractivity contribution in [2.75, 3.05) is 13.2 Å². The maximum Gasteiger partial charge on any atom is 0.123 e. The molecule has 0 aliphatic carbocycles. The summed E-state index contributed by atoms with van der Waals surface area (Å²) in [6.07, 6.45) is 4.60. The lowest BCUT2D eigenvalue weighted by atomic mass is 10.0. The second kappa shape index (κ2) is 11.6. The van der Waals surface area contributed by atoms with Gasteiger partial charge in [-0.3, -0.25) is 4.90 Å². The molecule has 0 spiro atoms. The Bertz CT molecular complexity index is 704. The third kappa shape index (κ3) is 7.03. The van der Waals surface area contributed by atoms with Crippen molar-refractivity contribution in [2.24, 2.45) is 0 Å². The van der Waals surface area contributed by atoms with Crippen molar-refractivity contribution in [1.29, 1.82) is 0 Å². The van der Waals surface area contributed by atoms with Crippen molar-refractivity contribution >= 4 is 12.4 Å². The Balaban J connectivity index is 0.00000300. The molecule has 1 saturated heterocycles. The first-order valence-corrected chi connectivity index (χ1v) is 10.1. The van der Waals surface area contributed by atoms with E-state index < -0.39 is 6.10 Å². The van der Waals surface area contributed by atoms with Gasteiger partial charge in [0.2, 0.25) is 0 Å². The predicted molar refractivity (Wildman–Crippen MR) is 113 cm³/mol. The van der Waals surface area contributed by atoms with Crippen LogP contribution in [-0.2, 0) is 12.8 Å². The fourth-order valence-electron chi connectivity index (χ4n) is 4.29. The molecule has 2 N–H and O–H groups in total. The van der Waals surface area contributed by atoms with Gasteiger partial charge in [-0.2, -0.15) is 0 Å². The molecule has 29 heavy (non-hydrogen) atoms. The quantitative estimate of drug-likeness (QED) is 0.634. The number of aliphatic hydroxyl groups excluding tert-OH is 2. The summed E-state index contributed by atoms with van der Waals surface area (Å²) in [5, 5.41) is 19.3. The zero-order chi connectivity index (χ0) is 19.9. The van der Waals surface area contributed by atoms with Crippen LogP contribution in [0.15, 0.2) is 48.5 Å². The van der Waals surface area contributed by atoms with Crippen LogP contribution in [0.4, 0.5) is 8.78 Å². The van der Waals surface area contributed by atoms with Crippen LogP contribution in [-0.4, -0.2) is 46.5 Å². The summed E-state index contributed by atoms with van der Waals surface area (Å²) in [6.45, 7) is 0.169. The van der Waals surface area contributed by atoms with Crippen molar-refractivity contribution in [3.63, 3.8) is 0 Å². The van der Waals surface area contributed by atoms with E-state index in [2.05, 4.69) is 4.90 Å². The summed E-state index contributed by atoms with van der Waals surface area (Å²) in [7, 11) is 0. The number of likely N-dealkylation sites (tertiary alicyclic amines) is 1. The fourth-order valence-corrected chi connectivity index (χ4v) is 4.29. The van der Waals surface area contributed by atoms with Crippen molar-refractivity contribution < 1.29 is 19.0 Å². The van der Waals surface area contributed by atoms with Crippen LogP contribution in [0.1, 0.15) is 36.8 Å². The number of nitrogens with zero attached hydrogens (tertiary/aromatic N) is 1. The lowest BCUT2D eigenvalue weighted by Crippen LogP contribution is -2.42. The molecule has 3 atom stereocenters. The second-order valence-corrected chi connectivity index (χ2v) is 7.76. The minimum Gasteiger partial charge on any atom is -0.394 e. The van der Waals surface area contributed by atoms with Crippen molar-refractivity contribution in [3.8, 4) is 0 Å². The molecule has 0 unspecified atom stereocenters. The van der Waals surface area contributed by atoms with E-state index in [0.717, 1.165) is 49.7 Å². The topological polar surface area (TPSA) is 43.7 Å². The first-order valence-electron chi connectivity index (χ1n) is 10.1. The Labute approximate surface area is 177 Å². The number of aliphatic hydroxyl groups is 2. The van der Waals surface area contributed by atoms with Crippen molar-refractivity contribution in [3.05, 3.63) is 71.3 Å². The Morgan fingerprint density at radius 3 is 1.79 bits per heavy atom. The van der Waals surface area contributed by atoms with E-state index in [-0.39, 0.29) is 30.6 Å². The highest BCUT2D eigenvalue weighted by molar-refractivity contribution is 5.85. The van der Waals surface area contributed by atoms with E-state index in [1.165, 1.54) is 12.1 Å². The predicted octanol–water partition coefficient (Wildman–Crippen LogP) is 4.14. The van der Waals surface area contributed by atoms with E-state index in [1.807, 2.05) is 12.1 Å². The summed E-state index contributed by atoms with van der Waals surface area (Å²) in [5.74, 6) is -0.436. The number of aryl methyl sites for hydroxylation is 2. The standard InChI is InChI=1S/C23H29F2NO2.ClH/c24-19-5-1-3-17(13-19)7-9-21-11-12-22(26(21)15-23(28)16-27)10-8-18-4-2-6-20(25)14-18;/h1-6,13-14,21-23,27-28H,7-12,15-16H2;1H/t21-,22+,23-;/m1./s1. The van der Waals surface area contributed by atoms with Crippen LogP contribution >= 0.6 is 12.4 Å². The molecule has 3 rings (SSSR count). The average molecular weight is 426 g/mol. The minimum absolute atomic E-state index is 0. The maximum atomic E-state index is 13.4. The molecule has 160 valence electrons. The highest BCUT2D eigenvalue weighted by Gasteiger charge is 2.33. The van der Waals surface area contributed by atoms with Gasteiger partial charge in [0.25, 0.3) is 0 Å². The Morgan fingerprint density at radius 2 is 1.38 bits per heavy atom. The second-order valence-electron chi connectivity index (χ2n) is 7.76. The molecule has 6 heteroatoms. The molecule has 0 radical (unpaired) electrons. The zero-order valence-corrected chi connectivity index (χ0v) is 17.3. The van der Waals surface area contributed by atoms with Gasteiger partial charge in [0.1, 0.15) is 11.6 Å². The summed E-state index contributed by atoms with van der Waals surface area (Å²) >= 11 is 0. The summed E-state index contributed by atoms with van der Waals surface area (Å²) in [5.41, 5.74) is 1.96. The van der Waals surface area contributed by atoms with E-state index in [1.54, 1.807) is 24.3 Å². The molecule has 3 nitrogen and oxygen atoms in total. The third-order valence-corrected chi connectivity index (χ3v) is 5.71. The molecule has 0 amide bonds. The van der Waals surface area contributed by atoms with Crippen LogP contribution in [0.5, 0.6) is 0 Å². The molecule has 0 bridgehead atoms. The van der Waals surface area contributed by atoms with Gasteiger partial charge in [-0.1, -0.05) is 24.3 Å². The van der Waals surface area contributed by atoms with Crippen molar-refractivity contribution in [1.82, 2.24) is 4.90 Å². The number of halogens is 3. The molecular weight excluding hydrogens is 396 g/mol. The molecule has 0 saturated carbocycles. The third-order valence-electron chi connectivity index (χ3n) is 5.71. The molecule has 1 aliphatic rings. The summed E-state index contributed by atoms with van der Waals surface area (Å²) < 4.78 is 26.8. The van der Waals surface area contributed by atoms with Gasteiger partial charge in [-0.25, -0.2) is 8.78 Å². The number of benzene rings is 2. The Kier molecular flexibility index (Phi) is 9.50. The number of β-amino-alcohol motifs (C(OH)–C–C–N with tert-alkyl or cyclic N) is 1. The molecule has 1 heterocycles. The van der Waals surface area contributed by atoms with Crippen LogP contribution < -0.4 is 0 Å². The van der Waals surface area contributed by atoms with Crippen molar-refractivity contribution in [2.45, 2.75) is 56.7 Å². The van der Waals surface area contributed by atoms with E-state index >= 15 is 0 Å². The van der Waals surface area contributed by atoms with Gasteiger partial charge in [0.15, 0.2) is 0 Å². The van der Waals surface area contributed by atoms with Gasteiger partial charge in [0, 0.05) is 18.6 Å². The average Bonchev–Trinajstić information content (AvgIpc) is 3.06. The lowest BCUT2D eigenvalue weighted by Gasteiger charge is -2.32. The molecule has 1 aliphatic heterocycles. The maximum absolute atomic E-state index is 13.4. The monoisotopic (exact) mass is 425 g/mol. The number of rotatable bonds is 9. The van der Waals surface area contributed by atoms with Crippen LogP contribution in [0, 0.1) is 11.6 Å². The van der Waals surface area contributed by atoms with Crippen LogP contribution in [0.3, 0.4) is 0 Å². The van der Waals surface area contributed by atoms with E-state index in [9.17, 15) is 19.0 Å². The van der Waals surface area contributed by atoms with Gasteiger partial charge in [0.05, 0.1) is 12.7 Å². The van der Waals surface area contributed by atoms with Gasteiger partial charge in [-0.15, -0.1) is 12.4 Å². The molecule has 0 aromatic heterocycles. The summed E-state index contributed by atoms with van der Waals surface area (Å²) in [4.78, 5) is 2.29. The molecule has 2 aromatic rings. The van der Waals surface area contributed by atoms with Gasteiger partial charge in [-0.05, 0) is 73.9 Å². The smallest absolute Gasteiger partial charge is 0.123 e. The van der Waals surface area contributed by atoms with Crippen LogP contribution in [0.2, 0.25) is 0 Å². The van der Waals surface area contributed by atoms with Gasteiger partial charge >= 0.3 is 0 Å². The highest BCUT2D eigenvalue weighted by atomic mass is 35.5. The first-order chi connectivity index (χ1) is 13.5. The normalized spacial score (nSPS) is 20.4. The number of hydrogen-bond donors (Lipinski definition) is 2. The lowest BCUT2D eigenvalue weighted by molar-refractivity contribution is 0.0393. The first kappa shape index (κ1) is 23.7. The molecule has 2 aromatic carbocycles. The SMILES string of the molecule is Cl.OC[C@H](O)CN1[C@H](CCc2cccc(F)c2)CC[C@@H]1CCc1cccc(F)c1. The Morgan fingerprint density at radius 1 is 0.897 bits per heavy atom. The minimum atomic E-state index is -0.772.